The number of benzene rings is 1. The van der Waals surface area contributed by atoms with Crippen LogP contribution in [0.3, 0.4) is 0 Å². The number of alkyl halides is 3. The standard InChI is InChI=1S/C12H11F3N2/c1-8(2)7-17-11-4-3-10(12(13,14)15)5-9(11)6-16/h3-5,17H,1,7H2,2H3. The summed E-state index contributed by atoms with van der Waals surface area (Å²) in [7, 11) is 0. The second-order valence-corrected chi connectivity index (χ2v) is 3.68. The minimum atomic E-state index is -4.43. The van der Waals surface area contributed by atoms with Gasteiger partial charge in [-0.25, -0.2) is 0 Å². The minimum absolute atomic E-state index is 0.0268. The average molecular weight is 240 g/mol. The third kappa shape index (κ3) is 3.52. The van der Waals surface area contributed by atoms with Crippen LogP contribution in [0.4, 0.5) is 18.9 Å². The van der Waals surface area contributed by atoms with Crippen molar-refractivity contribution < 1.29 is 13.2 Å². The van der Waals surface area contributed by atoms with Gasteiger partial charge in [-0.1, -0.05) is 12.2 Å². The molecule has 0 aromatic heterocycles. The second kappa shape index (κ2) is 4.91. The first kappa shape index (κ1) is 13.1. The summed E-state index contributed by atoms with van der Waals surface area (Å²) >= 11 is 0. The summed E-state index contributed by atoms with van der Waals surface area (Å²) in [6.45, 7) is 5.85. The summed E-state index contributed by atoms with van der Waals surface area (Å²) in [6, 6.07) is 4.77. The lowest BCUT2D eigenvalue weighted by molar-refractivity contribution is -0.137. The van der Waals surface area contributed by atoms with Crippen LogP contribution >= 0.6 is 0 Å². The zero-order valence-electron chi connectivity index (χ0n) is 9.23. The molecule has 90 valence electrons. The zero-order valence-corrected chi connectivity index (χ0v) is 9.23. The Bertz CT molecular complexity index is 470. The fourth-order valence-corrected chi connectivity index (χ4v) is 1.21. The summed E-state index contributed by atoms with van der Waals surface area (Å²) in [5.74, 6) is 0. The molecule has 1 N–H and O–H groups in total. The van der Waals surface area contributed by atoms with E-state index in [0.29, 0.717) is 12.2 Å². The number of halogens is 3. The van der Waals surface area contributed by atoms with Crippen molar-refractivity contribution in [1.82, 2.24) is 0 Å². The number of nitrogens with zero attached hydrogens (tertiary/aromatic N) is 1. The fourth-order valence-electron chi connectivity index (χ4n) is 1.21. The number of anilines is 1. The van der Waals surface area contributed by atoms with E-state index in [1.807, 2.05) is 0 Å². The molecule has 0 bridgehead atoms. The molecule has 0 aliphatic carbocycles. The van der Waals surface area contributed by atoms with Crippen molar-refractivity contribution >= 4 is 5.69 Å². The van der Waals surface area contributed by atoms with Gasteiger partial charge < -0.3 is 5.32 Å². The second-order valence-electron chi connectivity index (χ2n) is 3.68. The van der Waals surface area contributed by atoms with E-state index in [9.17, 15) is 13.2 Å². The van der Waals surface area contributed by atoms with E-state index in [1.54, 1.807) is 13.0 Å². The Labute approximate surface area is 97.4 Å². The Balaban J connectivity index is 3.03. The Morgan fingerprint density at radius 2 is 2.12 bits per heavy atom. The van der Waals surface area contributed by atoms with Crippen molar-refractivity contribution in [2.24, 2.45) is 0 Å². The van der Waals surface area contributed by atoms with Crippen LogP contribution in [0.2, 0.25) is 0 Å². The third-order valence-electron chi connectivity index (χ3n) is 2.05. The summed E-state index contributed by atoms with van der Waals surface area (Å²) < 4.78 is 37.2. The Morgan fingerprint density at radius 1 is 1.47 bits per heavy atom. The van der Waals surface area contributed by atoms with Crippen molar-refractivity contribution in [3.05, 3.63) is 41.5 Å². The van der Waals surface area contributed by atoms with Crippen molar-refractivity contribution in [2.75, 3.05) is 11.9 Å². The van der Waals surface area contributed by atoms with Crippen LogP contribution in [0, 0.1) is 11.3 Å². The van der Waals surface area contributed by atoms with Gasteiger partial charge in [0, 0.05) is 6.54 Å². The van der Waals surface area contributed by atoms with E-state index in [4.69, 9.17) is 5.26 Å². The summed E-state index contributed by atoms with van der Waals surface area (Å²) in [6.07, 6.45) is -4.43. The van der Waals surface area contributed by atoms with Crippen LogP contribution in [-0.4, -0.2) is 6.54 Å². The fraction of sp³-hybridized carbons (Fsp3) is 0.250. The molecular weight excluding hydrogens is 229 g/mol. The van der Waals surface area contributed by atoms with Gasteiger partial charge in [0.1, 0.15) is 6.07 Å². The van der Waals surface area contributed by atoms with Gasteiger partial charge in [-0.05, 0) is 25.1 Å². The first-order valence-electron chi connectivity index (χ1n) is 4.84. The molecule has 2 nitrogen and oxygen atoms in total. The van der Waals surface area contributed by atoms with Crippen molar-refractivity contribution in [2.45, 2.75) is 13.1 Å². The lowest BCUT2D eigenvalue weighted by Crippen LogP contribution is -2.08. The van der Waals surface area contributed by atoms with Crippen molar-refractivity contribution in [3.63, 3.8) is 0 Å². The molecule has 0 fully saturated rings. The normalized spacial score (nSPS) is 10.8. The SMILES string of the molecule is C=C(C)CNc1ccc(C(F)(F)F)cc1C#N. The van der Waals surface area contributed by atoms with Crippen LogP contribution in [0.5, 0.6) is 0 Å². The van der Waals surface area contributed by atoms with E-state index < -0.39 is 11.7 Å². The summed E-state index contributed by atoms with van der Waals surface area (Å²) in [5, 5.41) is 11.6. The van der Waals surface area contributed by atoms with E-state index in [-0.39, 0.29) is 5.56 Å². The molecule has 0 saturated carbocycles. The van der Waals surface area contributed by atoms with Gasteiger partial charge in [-0.15, -0.1) is 0 Å². The van der Waals surface area contributed by atoms with Gasteiger partial charge >= 0.3 is 6.18 Å². The molecule has 17 heavy (non-hydrogen) atoms. The first-order chi connectivity index (χ1) is 7.84. The highest BCUT2D eigenvalue weighted by molar-refractivity contribution is 5.59. The topological polar surface area (TPSA) is 35.8 Å². The smallest absolute Gasteiger partial charge is 0.380 e. The van der Waals surface area contributed by atoms with Gasteiger partial charge in [0.05, 0.1) is 16.8 Å². The molecule has 0 heterocycles. The first-order valence-corrected chi connectivity index (χ1v) is 4.84. The molecule has 0 aliphatic rings. The van der Waals surface area contributed by atoms with Crippen molar-refractivity contribution in [3.8, 4) is 6.07 Å². The largest absolute Gasteiger partial charge is 0.416 e. The highest BCUT2D eigenvalue weighted by Crippen LogP contribution is 2.31. The van der Waals surface area contributed by atoms with E-state index in [2.05, 4.69) is 11.9 Å². The Morgan fingerprint density at radius 3 is 2.59 bits per heavy atom. The highest BCUT2D eigenvalue weighted by atomic mass is 19.4. The molecule has 0 radical (unpaired) electrons. The molecule has 0 atom stereocenters. The van der Waals surface area contributed by atoms with Gasteiger partial charge in [-0.3, -0.25) is 0 Å². The summed E-state index contributed by atoms with van der Waals surface area (Å²) in [4.78, 5) is 0. The maximum atomic E-state index is 12.4. The Kier molecular flexibility index (Phi) is 3.79. The number of nitriles is 1. The Hall–Kier alpha value is -1.96. The van der Waals surface area contributed by atoms with Crippen LogP contribution in [0.15, 0.2) is 30.4 Å². The molecule has 0 unspecified atom stereocenters. The molecule has 1 aromatic carbocycles. The van der Waals surface area contributed by atoms with Crippen LogP contribution in [0.25, 0.3) is 0 Å². The lowest BCUT2D eigenvalue weighted by Gasteiger charge is -2.11. The van der Waals surface area contributed by atoms with Gasteiger partial charge in [0.15, 0.2) is 0 Å². The molecule has 1 aromatic rings. The molecule has 0 aliphatic heterocycles. The maximum absolute atomic E-state index is 12.4. The van der Waals surface area contributed by atoms with Crippen LogP contribution in [-0.2, 0) is 6.18 Å². The van der Waals surface area contributed by atoms with Gasteiger partial charge in [-0.2, -0.15) is 18.4 Å². The van der Waals surface area contributed by atoms with Gasteiger partial charge in [0.25, 0.3) is 0 Å². The third-order valence-corrected chi connectivity index (χ3v) is 2.05. The molecule has 0 spiro atoms. The number of rotatable bonds is 3. The van der Waals surface area contributed by atoms with Crippen LogP contribution in [0.1, 0.15) is 18.1 Å². The predicted octanol–water partition coefficient (Wildman–Crippen LogP) is 3.57. The average Bonchev–Trinajstić information content (AvgIpc) is 2.24. The maximum Gasteiger partial charge on any atom is 0.416 e. The quantitative estimate of drug-likeness (QED) is 0.820. The van der Waals surface area contributed by atoms with E-state index >= 15 is 0 Å². The molecule has 5 heteroatoms. The predicted molar refractivity (Wildman–Crippen MR) is 59.5 cm³/mol. The highest BCUT2D eigenvalue weighted by Gasteiger charge is 2.30. The molecular formula is C12H11F3N2. The van der Waals surface area contributed by atoms with E-state index in [0.717, 1.165) is 17.7 Å². The number of hydrogen-bond acceptors (Lipinski definition) is 2. The van der Waals surface area contributed by atoms with Crippen LogP contribution < -0.4 is 5.32 Å². The van der Waals surface area contributed by atoms with E-state index in [1.165, 1.54) is 6.07 Å². The minimum Gasteiger partial charge on any atom is -0.380 e. The number of nitrogens with one attached hydrogen (secondary N) is 1. The molecule has 0 amide bonds. The molecule has 1 rings (SSSR count). The van der Waals surface area contributed by atoms with Crippen molar-refractivity contribution in [1.29, 1.82) is 5.26 Å². The zero-order chi connectivity index (χ0) is 13.1. The van der Waals surface area contributed by atoms with Gasteiger partial charge in [0.2, 0.25) is 0 Å². The molecule has 0 saturated heterocycles. The lowest BCUT2D eigenvalue weighted by atomic mass is 10.1. The summed E-state index contributed by atoms with van der Waals surface area (Å²) in [5.41, 5.74) is 0.355. The monoisotopic (exact) mass is 240 g/mol. The number of hydrogen-bond donors (Lipinski definition) is 1.